The summed E-state index contributed by atoms with van der Waals surface area (Å²) >= 11 is 0. The maximum absolute atomic E-state index is 12.6. The number of imidazole rings is 1. The Labute approximate surface area is 271 Å². The number of hydrogen-bond acceptors (Lipinski definition) is 7. The molecule has 1 atom stereocenters. The van der Waals surface area contributed by atoms with Crippen LogP contribution in [0.1, 0.15) is 81.9 Å². The number of benzene rings is 2. The third-order valence-corrected chi connectivity index (χ3v) is 9.27. The van der Waals surface area contributed by atoms with Crippen molar-refractivity contribution >= 4 is 22.6 Å². The van der Waals surface area contributed by atoms with Crippen LogP contribution in [0.4, 0.5) is 0 Å². The molecule has 0 spiro atoms. The molecule has 1 saturated heterocycles. The molecular weight excluding hydrogens is 574 g/mol. The van der Waals surface area contributed by atoms with Crippen molar-refractivity contribution < 1.29 is 9.53 Å². The molecule has 2 aliphatic rings. The molecule has 1 N–H and O–H groups in total. The molecular formula is C37H45N7O2. The minimum absolute atomic E-state index is 0.0956. The number of rotatable bonds is 9. The Morgan fingerprint density at radius 3 is 2.43 bits per heavy atom. The molecule has 0 radical (unpaired) electrons. The summed E-state index contributed by atoms with van der Waals surface area (Å²) in [5.41, 5.74) is 5.41. The van der Waals surface area contributed by atoms with Crippen LogP contribution in [-0.2, 0) is 10.2 Å². The van der Waals surface area contributed by atoms with Crippen LogP contribution in [0.15, 0.2) is 73.2 Å². The van der Waals surface area contributed by atoms with Crippen molar-refractivity contribution in [3.8, 4) is 11.3 Å². The van der Waals surface area contributed by atoms with Crippen molar-refractivity contribution in [2.24, 2.45) is 0 Å². The zero-order valence-corrected chi connectivity index (χ0v) is 27.6. The van der Waals surface area contributed by atoms with Gasteiger partial charge in [-0.15, -0.1) is 0 Å². The minimum atomic E-state index is -0.123. The third-order valence-electron chi connectivity index (χ3n) is 9.27. The van der Waals surface area contributed by atoms with Gasteiger partial charge in [-0.25, -0.2) is 9.97 Å². The Kier molecular flexibility index (Phi) is 9.42. The number of nitrogens with zero attached hydrogens (tertiary/aromatic N) is 6. The Morgan fingerprint density at radius 1 is 1.02 bits per heavy atom. The van der Waals surface area contributed by atoms with Gasteiger partial charge in [0, 0.05) is 53.4 Å². The molecule has 9 heteroatoms. The molecule has 0 bridgehead atoms. The van der Waals surface area contributed by atoms with Crippen LogP contribution in [0, 0.1) is 0 Å². The van der Waals surface area contributed by atoms with Gasteiger partial charge in [-0.2, -0.15) is 9.61 Å². The van der Waals surface area contributed by atoms with E-state index >= 15 is 0 Å². The quantitative estimate of drug-likeness (QED) is 0.202. The number of pyridine rings is 1. The highest BCUT2D eigenvalue weighted by atomic mass is 16.5. The summed E-state index contributed by atoms with van der Waals surface area (Å²) < 4.78 is 7.46. The molecule has 240 valence electrons. The molecule has 1 unspecified atom stereocenters. The summed E-state index contributed by atoms with van der Waals surface area (Å²) in [6.45, 7) is 13.6. The van der Waals surface area contributed by atoms with E-state index < -0.39 is 0 Å². The molecule has 7 rings (SSSR count). The van der Waals surface area contributed by atoms with Crippen LogP contribution in [0.3, 0.4) is 0 Å². The van der Waals surface area contributed by atoms with E-state index in [-0.39, 0.29) is 17.4 Å². The van der Waals surface area contributed by atoms with Gasteiger partial charge in [-0.3, -0.25) is 14.7 Å². The van der Waals surface area contributed by atoms with Gasteiger partial charge in [-0.05, 0) is 95.8 Å². The first-order valence-electron chi connectivity index (χ1n) is 16.6. The smallest absolute Gasteiger partial charge is 0.251 e. The largest absolute Gasteiger partial charge is 0.376 e. The number of carbonyl (C=O) groups excluding carboxylic acids is 1. The fraction of sp³-hybridized carbons (Fsp3) is 0.432. The van der Waals surface area contributed by atoms with Gasteiger partial charge in [0.05, 0.1) is 29.7 Å². The highest BCUT2D eigenvalue weighted by Crippen LogP contribution is 2.53. The number of fused-ring (bicyclic) bond motifs is 2. The van der Waals surface area contributed by atoms with E-state index in [0.29, 0.717) is 30.0 Å². The van der Waals surface area contributed by atoms with Gasteiger partial charge in [-0.1, -0.05) is 31.2 Å². The number of ether oxygens (including phenoxy) is 1. The lowest BCUT2D eigenvalue weighted by Gasteiger charge is -2.28. The molecule has 4 heterocycles. The highest BCUT2D eigenvalue weighted by molar-refractivity contribution is 5.94. The molecule has 5 aromatic rings. The van der Waals surface area contributed by atoms with Crippen LogP contribution in [-0.4, -0.2) is 73.3 Å². The number of amides is 1. The molecule has 1 amide bonds. The molecule has 3 aromatic heterocycles. The summed E-state index contributed by atoms with van der Waals surface area (Å²) in [6.07, 6.45) is 9.70. The number of hydrogen-bond donors (Lipinski definition) is 1. The van der Waals surface area contributed by atoms with Gasteiger partial charge in [0.2, 0.25) is 0 Å². The van der Waals surface area contributed by atoms with E-state index in [1.54, 1.807) is 6.20 Å². The van der Waals surface area contributed by atoms with Crippen molar-refractivity contribution in [1.29, 1.82) is 0 Å². The molecule has 2 fully saturated rings. The van der Waals surface area contributed by atoms with E-state index in [1.165, 1.54) is 5.56 Å². The lowest BCUT2D eigenvalue weighted by atomic mass is 9.91. The molecule has 46 heavy (non-hydrogen) atoms. The van der Waals surface area contributed by atoms with E-state index in [4.69, 9.17) is 9.84 Å². The second-order valence-corrected chi connectivity index (χ2v) is 12.9. The van der Waals surface area contributed by atoms with Crippen molar-refractivity contribution in [1.82, 2.24) is 34.8 Å². The van der Waals surface area contributed by atoms with Gasteiger partial charge in [0.1, 0.15) is 5.69 Å². The Hall–Kier alpha value is -4.21. The number of nitrogens with one attached hydrogen (secondary N) is 1. The van der Waals surface area contributed by atoms with Crippen LogP contribution in [0.2, 0.25) is 0 Å². The van der Waals surface area contributed by atoms with Crippen LogP contribution >= 0.6 is 0 Å². The maximum Gasteiger partial charge on any atom is 0.251 e. The van der Waals surface area contributed by atoms with Crippen molar-refractivity contribution in [3.05, 3.63) is 90.0 Å². The number of carbonyl (C=O) groups is 1. The molecule has 2 aromatic carbocycles. The Balaban J connectivity index is 0.000000364. The van der Waals surface area contributed by atoms with Crippen molar-refractivity contribution in [2.75, 3.05) is 19.7 Å². The molecule has 1 saturated carbocycles. The first-order valence-corrected chi connectivity index (χ1v) is 16.6. The van der Waals surface area contributed by atoms with Gasteiger partial charge >= 0.3 is 0 Å². The van der Waals surface area contributed by atoms with E-state index in [1.807, 2.05) is 47.2 Å². The van der Waals surface area contributed by atoms with E-state index in [0.717, 1.165) is 66.7 Å². The van der Waals surface area contributed by atoms with Crippen LogP contribution < -0.4 is 5.32 Å². The molecule has 1 aliphatic heterocycles. The monoisotopic (exact) mass is 619 g/mol. The van der Waals surface area contributed by atoms with Crippen molar-refractivity contribution in [2.45, 2.75) is 83.9 Å². The topological polar surface area (TPSA) is 97.5 Å². The normalized spacial score (nSPS) is 17.1. The maximum atomic E-state index is 12.6. The summed E-state index contributed by atoms with van der Waals surface area (Å²) in [4.78, 5) is 28.6. The van der Waals surface area contributed by atoms with Gasteiger partial charge in [0.25, 0.3) is 11.7 Å². The highest BCUT2D eigenvalue weighted by Gasteiger charge is 2.48. The lowest BCUT2D eigenvalue weighted by molar-refractivity contribution is 0.0858. The summed E-state index contributed by atoms with van der Waals surface area (Å²) in [6, 6.07) is 19.4. The SMILES string of the molecule is CCN(C(C)C)C(C)C.O=C(NCC1CCCO1)c1ccc(-c2cnc3ncc(C4(c5ccc6ncccc6c5)CC4)n3n2)cc1. The Morgan fingerprint density at radius 2 is 1.78 bits per heavy atom. The second kappa shape index (κ2) is 13.6. The standard InChI is InChI=1S/C29H26N6O2.C8H19N/c36-27(31-16-23-4-2-14-37-23)20-7-5-19(6-8-20)25-17-32-28-33-18-26(35(28)34-25)29(11-12-29)22-9-10-24-21(15-22)3-1-13-30-24;1-6-9(7(2)3)8(4)5/h1,3,5-10,13,15,17-18,23H,2,4,11-12,14,16H2,(H,31,36);7-8H,6H2,1-5H3. The predicted molar refractivity (Wildman–Crippen MR) is 182 cm³/mol. The lowest BCUT2D eigenvalue weighted by Crippen LogP contribution is -2.36. The predicted octanol–water partition coefficient (Wildman–Crippen LogP) is 6.45. The first-order chi connectivity index (χ1) is 22.3. The van der Waals surface area contributed by atoms with Gasteiger partial charge < -0.3 is 10.1 Å². The fourth-order valence-corrected chi connectivity index (χ4v) is 6.66. The van der Waals surface area contributed by atoms with E-state index in [2.05, 4.69) is 84.1 Å². The number of aromatic nitrogens is 5. The molecule has 1 aliphatic carbocycles. The van der Waals surface area contributed by atoms with Crippen LogP contribution in [0.5, 0.6) is 0 Å². The summed E-state index contributed by atoms with van der Waals surface area (Å²) in [5, 5.41) is 9.03. The average Bonchev–Trinajstić information content (AvgIpc) is 3.48. The fourth-order valence-electron chi connectivity index (χ4n) is 6.66. The average molecular weight is 620 g/mol. The third kappa shape index (κ3) is 6.66. The first kappa shape index (κ1) is 31.8. The van der Waals surface area contributed by atoms with Crippen LogP contribution in [0.25, 0.3) is 27.9 Å². The van der Waals surface area contributed by atoms with Crippen molar-refractivity contribution in [3.63, 3.8) is 0 Å². The summed E-state index contributed by atoms with van der Waals surface area (Å²) in [7, 11) is 0. The zero-order valence-electron chi connectivity index (χ0n) is 27.6. The minimum Gasteiger partial charge on any atom is -0.376 e. The summed E-state index contributed by atoms with van der Waals surface area (Å²) in [5.74, 6) is 0.486. The molecule has 9 nitrogen and oxygen atoms in total. The van der Waals surface area contributed by atoms with E-state index in [9.17, 15) is 4.79 Å². The zero-order chi connectivity index (χ0) is 32.3. The Bertz CT molecular complexity index is 1780. The van der Waals surface area contributed by atoms with Gasteiger partial charge in [0.15, 0.2) is 0 Å². The second-order valence-electron chi connectivity index (χ2n) is 12.9.